The molecule has 6 heteroatoms. The van der Waals surface area contributed by atoms with Crippen LogP contribution in [0.2, 0.25) is 0 Å². The van der Waals surface area contributed by atoms with Crippen LogP contribution in [-0.4, -0.2) is 22.8 Å². The topological polar surface area (TPSA) is 70.5 Å². The Balaban J connectivity index is 2.15. The molecule has 0 unspecified atom stereocenters. The van der Waals surface area contributed by atoms with Gasteiger partial charge in [0.2, 0.25) is 0 Å². The Morgan fingerprint density at radius 1 is 1.27 bits per heavy atom. The monoisotopic (exact) mass is 300 g/mol. The summed E-state index contributed by atoms with van der Waals surface area (Å²) in [5.41, 5.74) is 1.42. The van der Waals surface area contributed by atoms with E-state index in [1.54, 1.807) is 13.3 Å². The van der Waals surface area contributed by atoms with E-state index in [0.717, 1.165) is 23.0 Å². The van der Waals surface area contributed by atoms with Crippen LogP contribution in [0, 0.1) is 0 Å². The van der Waals surface area contributed by atoms with E-state index in [1.165, 1.54) is 23.7 Å². The van der Waals surface area contributed by atoms with Gasteiger partial charge in [-0.25, -0.2) is 4.79 Å². The summed E-state index contributed by atoms with van der Waals surface area (Å²) in [5.74, 6) is 0.354. The SMILES string of the molecule is CCCc1ccc(/C=N\N(C)c2cc(=O)n(C)c(=O)[nH]2)cc1. The minimum absolute atomic E-state index is 0.354. The van der Waals surface area contributed by atoms with Crippen LogP contribution in [0.3, 0.4) is 0 Å². The van der Waals surface area contributed by atoms with E-state index in [2.05, 4.69) is 29.1 Å². The molecule has 2 aromatic rings. The molecule has 0 aliphatic carbocycles. The summed E-state index contributed by atoms with van der Waals surface area (Å²) in [6, 6.07) is 9.48. The zero-order chi connectivity index (χ0) is 16.1. The van der Waals surface area contributed by atoms with Crippen molar-refractivity contribution in [1.82, 2.24) is 9.55 Å². The highest BCUT2D eigenvalue weighted by Crippen LogP contribution is 2.06. The Morgan fingerprint density at radius 3 is 2.55 bits per heavy atom. The van der Waals surface area contributed by atoms with Crippen LogP contribution in [0.1, 0.15) is 24.5 Å². The van der Waals surface area contributed by atoms with E-state index >= 15 is 0 Å². The van der Waals surface area contributed by atoms with Crippen molar-refractivity contribution >= 4 is 12.0 Å². The van der Waals surface area contributed by atoms with Crippen LogP contribution in [0.25, 0.3) is 0 Å². The first kappa shape index (κ1) is 15.8. The highest BCUT2D eigenvalue weighted by Gasteiger charge is 2.04. The van der Waals surface area contributed by atoms with Gasteiger partial charge in [-0.2, -0.15) is 5.10 Å². The maximum Gasteiger partial charge on any atom is 0.329 e. The van der Waals surface area contributed by atoms with Crippen LogP contribution >= 0.6 is 0 Å². The molecule has 0 spiro atoms. The fourth-order valence-electron chi connectivity index (χ4n) is 1.99. The number of nitrogens with one attached hydrogen (secondary N) is 1. The van der Waals surface area contributed by atoms with Gasteiger partial charge in [0.1, 0.15) is 5.82 Å². The van der Waals surface area contributed by atoms with Crippen molar-refractivity contribution in [2.24, 2.45) is 12.1 Å². The van der Waals surface area contributed by atoms with Gasteiger partial charge in [0, 0.05) is 20.2 Å². The van der Waals surface area contributed by atoms with Gasteiger partial charge in [-0.15, -0.1) is 0 Å². The zero-order valence-corrected chi connectivity index (χ0v) is 13.0. The van der Waals surface area contributed by atoms with E-state index in [-0.39, 0.29) is 5.56 Å². The number of anilines is 1. The van der Waals surface area contributed by atoms with Crippen molar-refractivity contribution in [2.45, 2.75) is 19.8 Å². The van der Waals surface area contributed by atoms with Crippen molar-refractivity contribution in [1.29, 1.82) is 0 Å². The van der Waals surface area contributed by atoms with Crippen LogP contribution in [-0.2, 0) is 13.5 Å². The molecule has 22 heavy (non-hydrogen) atoms. The number of rotatable bonds is 5. The van der Waals surface area contributed by atoms with Crippen molar-refractivity contribution in [3.05, 3.63) is 62.3 Å². The molecule has 0 aliphatic rings. The summed E-state index contributed by atoms with van der Waals surface area (Å²) in [5, 5.41) is 5.70. The van der Waals surface area contributed by atoms with E-state index in [0.29, 0.717) is 5.82 Å². The Morgan fingerprint density at radius 2 is 1.95 bits per heavy atom. The quantitative estimate of drug-likeness (QED) is 0.672. The second-order valence-electron chi connectivity index (χ2n) is 5.12. The van der Waals surface area contributed by atoms with Crippen molar-refractivity contribution in [3.63, 3.8) is 0 Å². The maximum absolute atomic E-state index is 11.6. The average molecular weight is 300 g/mol. The molecule has 0 aliphatic heterocycles. The zero-order valence-electron chi connectivity index (χ0n) is 13.0. The predicted molar refractivity (Wildman–Crippen MR) is 88.7 cm³/mol. The van der Waals surface area contributed by atoms with Crippen molar-refractivity contribution < 1.29 is 0 Å². The lowest BCUT2D eigenvalue weighted by molar-refractivity contribution is 0.766. The van der Waals surface area contributed by atoms with Crippen LogP contribution in [0.4, 0.5) is 5.82 Å². The molecule has 6 nitrogen and oxygen atoms in total. The predicted octanol–water partition coefficient (Wildman–Crippen LogP) is 1.50. The fourth-order valence-corrected chi connectivity index (χ4v) is 1.99. The number of benzene rings is 1. The van der Waals surface area contributed by atoms with Gasteiger partial charge in [0.15, 0.2) is 0 Å². The number of hydrogen-bond acceptors (Lipinski definition) is 4. The molecular weight excluding hydrogens is 280 g/mol. The lowest BCUT2D eigenvalue weighted by atomic mass is 10.1. The molecule has 1 aromatic carbocycles. The molecule has 0 atom stereocenters. The van der Waals surface area contributed by atoms with Crippen molar-refractivity contribution in [3.8, 4) is 0 Å². The third-order valence-electron chi connectivity index (χ3n) is 3.38. The van der Waals surface area contributed by atoms with Gasteiger partial charge in [-0.3, -0.25) is 19.4 Å². The largest absolute Gasteiger partial charge is 0.329 e. The Labute approximate surface area is 128 Å². The number of aromatic amines is 1. The van der Waals surface area contributed by atoms with E-state index in [1.807, 2.05) is 12.1 Å². The summed E-state index contributed by atoms with van der Waals surface area (Å²) >= 11 is 0. The Kier molecular flexibility index (Phi) is 4.93. The molecule has 116 valence electrons. The first-order valence-corrected chi connectivity index (χ1v) is 7.18. The molecule has 1 heterocycles. The molecule has 1 aromatic heterocycles. The highest BCUT2D eigenvalue weighted by molar-refractivity contribution is 5.80. The summed E-state index contributed by atoms with van der Waals surface area (Å²) in [6.45, 7) is 2.15. The molecule has 0 radical (unpaired) electrons. The minimum Gasteiger partial charge on any atom is -0.292 e. The van der Waals surface area contributed by atoms with E-state index in [4.69, 9.17) is 0 Å². The molecule has 0 amide bonds. The first-order chi connectivity index (χ1) is 10.5. The normalized spacial score (nSPS) is 11.0. The molecular formula is C16H20N4O2. The van der Waals surface area contributed by atoms with Gasteiger partial charge in [0.25, 0.3) is 5.56 Å². The number of hydrazone groups is 1. The van der Waals surface area contributed by atoms with Crippen molar-refractivity contribution in [2.75, 3.05) is 12.1 Å². The minimum atomic E-state index is -0.464. The van der Waals surface area contributed by atoms with Crippen LogP contribution in [0.5, 0.6) is 0 Å². The van der Waals surface area contributed by atoms with Gasteiger partial charge in [-0.1, -0.05) is 37.6 Å². The maximum atomic E-state index is 11.6. The van der Waals surface area contributed by atoms with Gasteiger partial charge < -0.3 is 0 Å². The first-order valence-electron chi connectivity index (χ1n) is 7.18. The number of nitrogens with zero attached hydrogens (tertiary/aromatic N) is 3. The van der Waals surface area contributed by atoms with Crippen LogP contribution in [0.15, 0.2) is 45.0 Å². The number of hydrogen-bond donors (Lipinski definition) is 1. The summed E-state index contributed by atoms with van der Waals surface area (Å²) in [6.07, 6.45) is 3.86. The molecule has 0 fully saturated rings. The average Bonchev–Trinajstić information content (AvgIpc) is 2.51. The Bertz CT molecular complexity index is 741. The third kappa shape index (κ3) is 3.72. The molecule has 2 rings (SSSR count). The highest BCUT2D eigenvalue weighted by atomic mass is 16.2. The standard InChI is InChI=1S/C16H20N4O2/c1-4-5-12-6-8-13(9-7-12)11-17-20(3)14-10-15(21)19(2)16(22)18-14/h6-11H,4-5H2,1-3H3,(H,18,22)/b17-11-. The third-order valence-corrected chi connectivity index (χ3v) is 3.38. The van der Waals surface area contributed by atoms with E-state index < -0.39 is 5.69 Å². The van der Waals surface area contributed by atoms with Crippen LogP contribution < -0.4 is 16.3 Å². The fraction of sp³-hybridized carbons (Fsp3) is 0.312. The van der Waals surface area contributed by atoms with Gasteiger partial charge in [-0.05, 0) is 17.5 Å². The molecule has 0 bridgehead atoms. The molecule has 0 saturated heterocycles. The smallest absolute Gasteiger partial charge is 0.292 e. The summed E-state index contributed by atoms with van der Waals surface area (Å²) in [4.78, 5) is 25.8. The number of aromatic nitrogens is 2. The second kappa shape index (κ2) is 6.89. The second-order valence-corrected chi connectivity index (χ2v) is 5.12. The molecule has 1 N–H and O–H groups in total. The van der Waals surface area contributed by atoms with Gasteiger partial charge in [0.05, 0.1) is 6.21 Å². The van der Waals surface area contributed by atoms with E-state index in [9.17, 15) is 9.59 Å². The summed E-state index contributed by atoms with van der Waals surface area (Å²) < 4.78 is 1.01. The lowest BCUT2D eigenvalue weighted by Crippen LogP contribution is -2.33. The molecule has 0 saturated carbocycles. The summed E-state index contributed by atoms with van der Waals surface area (Å²) in [7, 11) is 3.10. The number of aryl methyl sites for hydroxylation is 1. The lowest BCUT2D eigenvalue weighted by Gasteiger charge is -2.12. The Hall–Kier alpha value is -2.63. The number of H-pyrrole nitrogens is 1. The van der Waals surface area contributed by atoms with Gasteiger partial charge >= 0.3 is 5.69 Å².